The second-order valence-corrected chi connectivity index (χ2v) is 10.2. The van der Waals surface area contributed by atoms with Gasteiger partial charge in [-0.15, -0.1) is 11.3 Å². The van der Waals surface area contributed by atoms with Crippen molar-refractivity contribution in [3.05, 3.63) is 52.6 Å². The van der Waals surface area contributed by atoms with E-state index in [0.717, 1.165) is 4.70 Å². The molecule has 4 amide bonds. The number of carbonyl (C=O) groups excluding carboxylic acids is 4. The third kappa shape index (κ3) is 5.97. The summed E-state index contributed by atoms with van der Waals surface area (Å²) in [4.78, 5) is 61.0. The second-order valence-electron chi connectivity index (χ2n) is 8.72. The average Bonchev–Trinajstić information content (AvgIpc) is 3.30. The third-order valence-corrected chi connectivity index (χ3v) is 7.27. The van der Waals surface area contributed by atoms with E-state index in [1.807, 2.05) is 6.07 Å². The number of amides is 4. The van der Waals surface area contributed by atoms with Crippen LogP contribution in [0.15, 0.2) is 42.7 Å². The van der Waals surface area contributed by atoms with E-state index < -0.39 is 23.9 Å². The van der Waals surface area contributed by atoms with Gasteiger partial charge >= 0.3 is 11.8 Å². The fourth-order valence-electron chi connectivity index (χ4n) is 4.17. The number of halogens is 1. The van der Waals surface area contributed by atoms with Crippen LogP contribution in [0.4, 0.5) is 5.82 Å². The molecule has 1 saturated carbocycles. The van der Waals surface area contributed by atoms with Gasteiger partial charge in [0.2, 0.25) is 5.91 Å². The van der Waals surface area contributed by atoms with Gasteiger partial charge in [0.05, 0.1) is 26.2 Å². The molecule has 3 heterocycles. The number of nitrogens with one attached hydrogen (secondary N) is 3. The molecule has 10 nitrogen and oxygen atoms in total. The summed E-state index contributed by atoms with van der Waals surface area (Å²) < 4.78 is 0.879. The number of hydrogen-bond acceptors (Lipinski definition) is 7. The van der Waals surface area contributed by atoms with Gasteiger partial charge in [-0.2, -0.15) is 0 Å². The third-order valence-electron chi connectivity index (χ3n) is 5.96. The number of aromatic nitrogens is 2. The summed E-state index contributed by atoms with van der Waals surface area (Å²) in [5.41, 5.74) is 0.717. The standard InChI is InChI=1S/C24H25ClN6O4S/c1-31(2)24(35)13-5-7-15(28-22(33)23(34)30-20-8-6-14(25)12-27-20)16(10-13)29-21(32)19-11-17-18(36-19)4-3-9-26-17/h3-4,6,8-9,11-13,15-16H,5,7,10H2,1-2H3,(H,28,33)(H,29,32)(H,27,30,34). The zero-order valence-electron chi connectivity index (χ0n) is 19.7. The lowest BCUT2D eigenvalue weighted by Gasteiger charge is -2.37. The molecule has 3 unspecified atom stereocenters. The molecular formula is C24H25ClN6O4S. The molecule has 3 N–H and O–H groups in total. The molecule has 0 aromatic carbocycles. The van der Waals surface area contributed by atoms with Gasteiger partial charge in [0, 0.05) is 38.4 Å². The van der Waals surface area contributed by atoms with Gasteiger partial charge in [0.1, 0.15) is 5.82 Å². The van der Waals surface area contributed by atoms with Crippen molar-refractivity contribution in [3.8, 4) is 0 Å². The second kappa shape index (κ2) is 11.0. The highest BCUT2D eigenvalue weighted by Crippen LogP contribution is 2.28. The predicted molar refractivity (Wildman–Crippen MR) is 137 cm³/mol. The van der Waals surface area contributed by atoms with Crippen LogP contribution < -0.4 is 16.0 Å². The normalized spacial score (nSPS) is 19.4. The maximum Gasteiger partial charge on any atom is 0.314 e. The molecular weight excluding hydrogens is 504 g/mol. The van der Waals surface area contributed by atoms with E-state index in [1.165, 1.54) is 28.5 Å². The van der Waals surface area contributed by atoms with Crippen molar-refractivity contribution in [2.45, 2.75) is 31.3 Å². The molecule has 188 valence electrons. The van der Waals surface area contributed by atoms with Crippen molar-refractivity contribution < 1.29 is 19.2 Å². The Morgan fingerprint density at radius 2 is 1.83 bits per heavy atom. The number of rotatable bonds is 5. The Hall–Kier alpha value is -3.57. The summed E-state index contributed by atoms with van der Waals surface area (Å²) in [5, 5.41) is 8.51. The minimum Gasteiger partial charge on any atom is -0.349 e. The summed E-state index contributed by atoms with van der Waals surface area (Å²) in [7, 11) is 3.37. The molecule has 1 aliphatic carbocycles. The molecule has 0 bridgehead atoms. The number of carbonyl (C=O) groups is 4. The number of nitrogens with zero attached hydrogens (tertiary/aromatic N) is 3. The lowest BCUT2D eigenvalue weighted by Crippen LogP contribution is -2.57. The molecule has 1 fully saturated rings. The molecule has 0 aliphatic heterocycles. The van der Waals surface area contributed by atoms with E-state index in [-0.39, 0.29) is 23.6 Å². The number of hydrogen-bond donors (Lipinski definition) is 3. The summed E-state index contributed by atoms with van der Waals surface area (Å²) in [5.74, 6) is -2.25. The molecule has 0 saturated heterocycles. The van der Waals surface area contributed by atoms with Gasteiger partial charge in [-0.1, -0.05) is 11.6 Å². The van der Waals surface area contributed by atoms with Crippen molar-refractivity contribution in [1.29, 1.82) is 0 Å². The van der Waals surface area contributed by atoms with Crippen molar-refractivity contribution in [3.63, 3.8) is 0 Å². The number of fused-ring (bicyclic) bond motifs is 1. The highest BCUT2D eigenvalue weighted by atomic mass is 35.5. The zero-order chi connectivity index (χ0) is 25.8. The van der Waals surface area contributed by atoms with Crippen LogP contribution in [0.1, 0.15) is 28.9 Å². The molecule has 3 aromatic heterocycles. The summed E-state index contributed by atoms with van der Waals surface area (Å²) in [6.45, 7) is 0. The Balaban J connectivity index is 1.47. The molecule has 36 heavy (non-hydrogen) atoms. The monoisotopic (exact) mass is 528 g/mol. The van der Waals surface area contributed by atoms with Crippen LogP contribution in [0.3, 0.4) is 0 Å². The van der Waals surface area contributed by atoms with E-state index >= 15 is 0 Å². The van der Waals surface area contributed by atoms with E-state index in [9.17, 15) is 19.2 Å². The van der Waals surface area contributed by atoms with E-state index in [4.69, 9.17) is 11.6 Å². The minimum absolute atomic E-state index is 0.0448. The Kier molecular flexibility index (Phi) is 7.80. The zero-order valence-corrected chi connectivity index (χ0v) is 21.2. The highest BCUT2D eigenvalue weighted by Gasteiger charge is 2.37. The first-order chi connectivity index (χ1) is 17.2. The molecule has 12 heteroatoms. The Morgan fingerprint density at radius 1 is 1.03 bits per heavy atom. The number of thiophene rings is 1. The number of anilines is 1. The SMILES string of the molecule is CN(C)C(=O)C1CCC(NC(=O)C(=O)Nc2ccc(Cl)cn2)C(NC(=O)c2cc3ncccc3s2)C1. The van der Waals surface area contributed by atoms with Crippen LogP contribution in [0.5, 0.6) is 0 Å². The van der Waals surface area contributed by atoms with Crippen LogP contribution in [0, 0.1) is 5.92 Å². The fraction of sp³-hybridized carbons (Fsp3) is 0.333. The van der Waals surface area contributed by atoms with Gasteiger partial charge in [0.25, 0.3) is 5.91 Å². The Bertz CT molecular complexity index is 1260. The lowest BCUT2D eigenvalue weighted by atomic mass is 9.81. The van der Waals surface area contributed by atoms with Crippen molar-refractivity contribution in [2.24, 2.45) is 5.92 Å². The Morgan fingerprint density at radius 3 is 2.53 bits per heavy atom. The maximum absolute atomic E-state index is 13.1. The van der Waals surface area contributed by atoms with Gasteiger partial charge in [0.15, 0.2) is 0 Å². The molecule has 0 spiro atoms. The minimum atomic E-state index is -0.892. The molecule has 4 rings (SSSR count). The van der Waals surface area contributed by atoms with Crippen molar-refractivity contribution >= 4 is 62.6 Å². The number of pyridine rings is 2. The molecule has 1 aliphatic rings. The van der Waals surface area contributed by atoms with Crippen molar-refractivity contribution in [2.75, 3.05) is 19.4 Å². The van der Waals surface area contributed by atoms with E-state index in [1.54, 1.807) is 38.5 Å². The first-order valence-electron chi connectivity index (χ1n) is 11.3. The molecule has 3 atom stereocenters. The predicted octanol–water partition coefficient (Wildman–Crippen LogP) is 2.45. The largest absolute Gasteiger partial charge is 0.349 e. The van der Waals surface area contributed by atoms with E-state index in [2.05, 4.69) is 25.9 Å². The fourth-order valence-corrected chi connectivity index (χ4v) is 5.20. The molecule has 0 radical (unpaired) electrons. The van der Waals surface area contributed by atoms with Gasteiger partial charge in [-0.3, -0.25) is 24.2 Å². The van der Waals surface area contributed by atoms with Gasteiger partial charge in [-0.25, -0.2) is 4.98 Å². The summed E-state index contributed by atoms with van der Waals surface area (Å²) >= 11 is 7.11. The van der Waals surface area contributed by atoms with Crippen LogP contribution in [-0.4, -0.2) is 64.7 Å². The average molecular weight is 529 g/mol. The summed E-state index contributed by atoms with van der Waals surface area (Å²) in [6.07, 6.45) is 4.28. The van der Waals surface area contributed by atoms with Crippen LogP contribution >= 0.6 is 22.9 Å². The maximum atomic E-state index is 13.1. The quantitative estimate of drug-likeness (QED) is 0.436. The van der Waals surface area contributed by atoms with Gasteiger partial charge in [-0.05, 0) is 49.6 Å². The van der Waals surface area contributed by atoms with Crippen LogP contribution in [0.2, 0.25) is 5.02 Å². The van der Waals surface area contributed by atoms with Crippen LogP contribution in [0.25, 0.3) is 10.2 Å². The Labute approximate surface area is 216 Å². The highest BCUT2D eigenvalue weighted by molar-refractivity contribution is 7.20. The first-order valence-corrected chi connectivity index (χ1v) is 12.5. The van der Waals surface area contributed by atoms with E-state index in [0.29, 0.717) is 34.7 Å². The van der Waals surface area contributed by atoms with Crippen LogP contribution in [-0.2, 0) is 14.4 Å². The smallest absolute Gasteiger partial charge is 0.314 e. The summed E-state index contributed by atoms with van der Waals surface area (Å²) in [6, 6.07) is 7.32. The van der Waals surface area contributed by atoms with Crippen molar-refractivity contribution in [1.82, 2.24) is 25.5 Å². The topological polar surface area (TPSA) is 133 Å². The molecule has 3 aromatic rings. The first kappa shape index (κ1) is 25.5. The lowest BCUT2D eigenvalue weighted by molar-refractivity contribution is -0.137. The van der Waals surface area contributed by atoms with Gasteiger partial charge < -0.3 is 20.9 Å².